The molecule has 104 valence electrons. The van der Waals surface area contributed by atoms with Gasteiger partial charge in [0.05, 0.1) is 5.69 Å². The zero-order valence-electron chi connectivity index (χ0n) is 10.9. The van der Waals surface area contributed by atoms with Crippen molar-refractivity contribution in [1.29, 1.82) is 0 Å². The fraction of sp³-hybridized carbons (Fsp3) is 0.143. The van der Waals surface area contributed by atoms with Gasteiger partial charge in [0.15, 0.2) is 6.61 Å². The van der Waals surface area contributed by atoms with Crippen molar-refractivity contribution in [3.05, 3.63) is 46.6 Å². The minimum absolute atomic E-state index is 0.0970. The Balaban J connectivity index is 1.91. The molecule has 5 nitrogen and oxygen atoms in total. The van der Waals surface area contributed by atoms with E-state index < -0.39 is 0 Å². The molecule has 0 radical (unpaired) electrons. The molecular formula is C14H14BrN3O2. The number of halogens is 1. The molecule has 1 aromatic heterocycles. The van der Waals surface area contributed by atoms with E-state index in [0.29, 0.717) is 17.3 Å². The Labute approximate surface area is 125 Å². The number of nitrogen functional groups attached to an aromatic ring is 1. The molecule has 2 rings (SSSR count). The Bertz CT molecular complexity index is 632. The van der Waals surface area contributed by atoms with E-state index in [9.17, 15) is 4.79 Å². The topological polar surface area (TPSA) is 77.2 Å². The number of carbonyl (C=O) groups excluding carboxylic acids is 1. The lowest BCUT2D eigenvalue weighted by atomic mass is 10.3. The molecule has 6 heteroatoms. The molecule has 0 aliphatic rings. The van der Waals surface area contributed by atoms with Gasteiger partial charge in [-0.25, -0.2) is 4.98 Å². The number of anilines is 2. The third kappa shape index (κ3) is 3.96. The van der Waals surface area contributed by atoms with Crippen LogP contribution >= 0.6 is 15.9 Å². The van der Waals surface area contributed by atoms with Crippen LogP contribution in [0.3, 0.4) is 0 Å². The average molecular weight is 336 g/mol. The van der Waals surface area contributed by atoms with E-state index in [1.165, 1.54) is 0 Å². The number of pyridine rings is 1. The normalized spacial score (nSPS) is 10.1. The van der Waals surface area contributed by atoms with Crippen molar-refractivity contribution in [1.82, 2.24) is 4.98 Å². The van der Waals surface area contributed by atoms with Crippen LogP contribution in [0.15, 0.2) is 40.9 Å². The number of amides is 1. The van der Waals surface area contributed by atoms with Gasteiger partial charge in [0.2, 0.25) is 0 Å². The molecule has 1 aromatic carbocycles. The minimum Gasteiger partial charge on any atom is -0.484 e. The number of nitrogens with one attached hydrogen (secondary N) is 1. The maximum absolute atomic E-state index is 11.7. The van der Waals surface area contributed by atoms with Gasteiger partial charge >= 0.3 is 0 Å². The fourth-order valence-electron chi connectivity index (χ4n) is 1.55. The van der Waals surface area contributed by atoms with Crippen molar-refractivity contribution in [2.24, 2.45) is 0 Å². The summed E-state index contributed by atoms with van der Waals surface area (Å²) >= 11 is 3.35. The van der Waals surface area contributed by atoms with E-state index >= 15 is 0 Å². The molecule has 0 saturated heterocycles. The number of hydrogen-bond acceptors (Lipinski definition) is 4. The third-order valence-electron chi connectivity index (χ3n) is 2.52. The Kier molecular flexibility index (Phi) is 4.57. The summed E-state index contributed by atoms with van der Waals surface area (Å²) in [6.07, 6.45) is 0. The van der Waals surface area contributed by atoms with E-state index in [1.807, 2.05) is 13.0 Å². The summed E-state index contributed by atoms with van der Waals surface area (Å²) in [6.45, 7) is 1.75. The van der Waals surface area contributed by atoms with Gasteiger partial charge < -0.3 is 15.8 Å². The number of carbonyl (C=O) groups is 1. The lowest BCUT2D eigenvalue weighted by Crippen LogP contribution is -2.20. The van der Waals surface area contributed by atoms with Crippen LogP contribution in [0.1, 0.15) is 5.69 Å². The molecular weight excluding hydrogens is 322 g/mol. The molecule has 20 heavy (non-hydrogen) atoms. The average Bonchev–Trinajstić information content (AvgIpc) is 2.41. The lowest BCUT2D eigenvalue weighted by molar-refractivity contribution is -0.118. The Hall–Kier alpha value is -2.08. The zero-order valence-corrected chi connectivity index (χ0v) is 12.5. The first-order chi connectivity index (χ1) is 9.54. The maximum Gasteiger partial charge on any atom is 0.263 e. The second-order valence-corrected chi connectivity index (χ2v) is 5.03. The summed E-state index contributed by atoms with van der Waals surface area (Å²) in [7, 11) is 0. The quantitative estimate of drug-likeness (QED) is 0.842. The van der Waals surface area contributed by atoms with Crippen LogP contribution in [0, 0.1) is 6.92 Å². The molecule has 0 atom stereocenters. The van der Waals surface area contributed by atoms with Gasteiger partial charge in [0.1, 0.15) is 11.6 Å². The maximum atomic E-state index is 11.7. The summed E-state index contributed by atoms with van der Waals surface area (Å²) in [4.78, 5) is 16.0. The highest BCUT2D eigenvalue weighted by molar-refractivity contribution is 9.10. The molecule has 3 N–H and O–H groups in total. The van der Waals surface area contributed by atoms with E-state index in [1.54, 1.807) is 30.3 Å². The van der Waals surface area contributed by atoms with E-state index in [0.717, 1.165) is 10.2 Å². The van der Waals surface area contributed by atoms with Crippen LogP contribution < -0.4 is 15.8 Å². The highest BCUT2D eigenvalue weighted by Crippen LogP contribution is 2.17. The Morgan fingerprint density at radius 3 is 2.90 bits per heavy atom. The molecule has 1 amide bonds. The van der Waals surface area contributed by atoms with Gasteiger partial charge in [-0.2, -0.15) is 0 Å². The van der Waals surface area contributed by atoms with Crippen LogP contribution in [-0.4, -0.2) is 17.5 Å². The Morgan fingerprint density at radius 2 is 2.20 bits per heavy atom. The number of aryl methyl sites for hydroxylation is 1. The molecule has 0 saturated carbocycles. The molecule has 1 heterocycles. The summed E-state index contributed by atoms with van der Waals surface area (Å²) in [5, 5.41) is 2.67. The number of ether oxygens (including phenoxy) is 1. The number of nitrogens with zero attached hydrogens (tertiary/aromatic N) is 1. The molecule has 0 fully saturated rings. The van der Waals surface area contributed by atoms with Crippen molar-refractivity contribution in [3.63, 3.8) is 0 Å². The smallest absolute Gasteiger partial charge is 0.263 e. The molecule has 0 unspecified atom stereocenters. The van der Waals surface area contributed by atoms with Crippen molar-refractivity contribution < 1.29 is 9.53 Å². The van der Waals surface area contributed by atoms with Crippen LogP contribution in [0.2, 0.25) is 0 Å². The number of rotatable bonds is 4. The first-order valence-corrected chi connectivity index (χ1v) is 6.75. The number of benzene rings is 1. The number of nitrogens with two attached hydrogens (primary N) is 1. The minimum atomic E-state index is -0.276. The van der Waals surface area contributed by atoms with Crippen molar-refractivity contribution in [2.75, 3.05) is 17.7 Å². The highest BCUT2D eigenvalue weighted by atomic mass is 79.9. The van der Waals surface area contributed by atoms with Gasteiger partial charge in [0, 0.05) is 16.2 Å². The van der Waals surface area contributed by atoms with Crippen LogP contribution in [0.5, 0.6) is 5.75 Å². The molecule has 0 aliphatic carbocycles. The SMILES string of the molecule is Cc1nc(NC(=O)COc2cccc(N)c2)ccc1Br. The highest BCUT2D eigenvalue weighted by Gasteiger charge is 2.06. The van der Waals surface area contributed by atoms with Gasteiger partial charge in [-0.1, -0.05) is 6.07 Å². The fourth-order valence-corrected chi connectivity index (χ4v) is 1.77. The van der Waals surface area contributed by atoms with Crippen LogP contribution in [0.25, 0.3) is 0 Å². The largest absolute Gasteiger partial charge is 0.484 e. The monoisotopic (exact) mass is 335 g/mol. The van der Waals surface area contributed by atoms with E-state index in [2.05, 4.69) is 26.2 Å². The zero-order chi connectivity index (χ0) is 14.5. The molecule has 0 bridgehead atoms. The lowest BCUT2D eigenvalue weighted by Gasteiger charge is -2.08. The van der Waals surface area contributed by atoms with Crippen molar-refractivity contribution in [2.45, 2.75) is 6.92 Å². The van der Waals surface area contributed by atoms with Crippen LogP contribution in [-0.2, 0) is 4.79 Å². The second kappa shape index (κ2) is 6.38. The van der Waals surface area contributed by atoms with Crippen molar-refractivity contribution in [3.8, 4) is 5.75 Å². The first-order valence-electron chi connectivity index (χ1n) is 5.96. The number of aromatic nitrogens is 1. The first kappa shape index (κ1) is 14.3. The predicted molar refractivity (Wildman–Crippen MR) is 81.7 cm³/mol. The van der Waals surface area contributed by atoms with Gasteiger partial charge in [-0.05, 0) is 47.1 Å². The van der Waals surface area contributed by atoms with Gasteiger partial charge in [-0.3, -0.25) is 4.79 Å². The number of hydrogen-bond donors (Lipinski definition) is 2. The summed E-state index contributed by atoms with van der Waals surface area (Å²) in [5.41, 5.74) is 7.02. The standard InChI is InChI=1S/C14H14BrN3O2/c1-9-12(15)5-6-13(17-9)18-14(19)8-20-11-4-2-3-10(16)7-11/h2-7H,8,16H2,1H3,(H,17,18,19). The van der Waals surface area contributed by atoms with Gasteiger partial charge in [-0.15, -0.1) is 0 Å². The second-order valence-electron chi connectivity index (χ2n) is 4.17. The molecule has 2 aromatic rings. The van der Waals surface area contributed by atoms with Crippen molar-refractivity contribution >= 4 is 33.3 Å². The predicted octanol–water partition coefficient (Wildman–Crippen LogP) is 2.75. The van der Waals surface area contributed by atoms with Crippen LogP contribution in [0.4, 0.5) is 11.5 Å². The van der Waals surface area contributed by atoms with E-state index in [4.69, 9.17) is 10.5 Å². The Morgan fingerprint density at radius 1 is 1.40 bits per heavy atom. The van der Waals surface area contributed by atoms with E-state index in [-0.39, 0.29) is 12.5 Å². The molecule has 0 aliphatic heterocycles. The molecule has 0 spiro atoms. The summed E-state index contributed by atoms with van der Waals surface area (Å²) < 4.78 is 6.24. The third-order valence-corrected chi connectivity index (χ3v) is 3.35. The summed E-state index contributed by atoms with van der Waals surface area (Å²) in [6, 6.07) is 10.5. The van der Waals surface area contributed by atoms with Gasteiger partial charge in [0.25, 0.3) is 5.91 Å². The summed E-state index contributed by atoms with van der Waals surface area (Å²) in [5.74, 6) is 0.772.